The molecule has 0 saturated carbocycles. The zero-order valence-electron chi connectivity index (χ0n) is 12.4. The van der Waals surface area contributed by atoms with Crippen LogP contribution < -0.4 is 0 Å². The van der Waals surface area contributed by atoms with E-state index in [-0.39, 0.29) is 5.91 Å². The Balaban J connectivity index is 1.67. The van der Waals surface area contributed by atoms with Crippen LogP contribution in [0.25, 0.3) is 0 Å². The van der Waals surface area contributed by atoms with Crippen molar-refractivity contribution in [2.45, 2.75) is 37.2 Å². The normalized spacial score (nSPS) is 16.2. The van der Waals surface area contributed by atoms with Crippen molar-refractivity contribution in [3.63, 3.8) is 0 Å². The summed E-state index contributed by atoms with van der Waals surface area (Å²) in [5, 5.41) is 0.743. The van der Waals surface area contributed by atoms with Gasteiger partial charge < -0.3 is 9.64 Å². The maximum atomic E-state index is 12.2. The van der Waals surface area contributed by atoms with E-state index in [9.17, 15) is 4.79 Å². The minimum Gasteiger partial charge on any atom is -0.378 e. The van der Waals surface area contributed by atoms with E-state index in [2.05, 4.69) is 0 Å². The van der Waals surface area contributed by atoms with Crippen LogP contribution >= 0.6 is 23.4 Å². The number of amides is 1. The summed E-state index contributed by atoms with van der Waals surface area (Å²) in [6, 6.07) is 7.74. The predicted octanol–water partition coefficient (Wildman–Crippen LogP) is 3.85. The van der Waals surface area contributed by atoms with Crippen LogP contribution in [0.5, 0.6) is 0 Å². The molecule has 2 rings (SSSR count). The van der Waals surface area contributed by atoms with E-state index in [1.807, 2.05) is 36.1 Å². The monoisotopic (exact) mass is 327 g/mol. The molecule has 1 heterocycles. The number of nitrogens with zero attached hydrogens (tertiary/aromatic N) is 1. The Hall–Kier alpha value is -0.710. The van der Waals surface area contributed by atoms with Gasteiger partial charge in [-0.1, -0.05) is 11.6 Å². The zero-order chi connectivity index (χ0) is 15.1. The van der Waals surface area contributed by atoms with Gasteiger partial charge in [0, 0.05) is 41.8 Å². The molecular weight excluding hydrogens is 306 g/mol. The average molecular weight is 328 g/mol. The summed E-state index contributed by atoms with van der Waals surface area (Å²) >= 11 is 7.55. The number of carbonyl (C=O) groups is 1. The number of piperidine rings is 1. The maximum absolute atomic E-state index is 12.2. The standard InChI is InChI=1S/C16H22ClNO2S/c1-2-20-14-7-10-18(11-8-14)16(19)9-12-21-15-5-3-13(17)4-6-15/h3-6,14H,2,7-12H2,1H3. The summed E-state index contributed by atoms with van der Waals surface area (Å²) in [6.45, 7) is 4.44. The van der Waals surface area contributed by atoms with Crippen molar-refractivity contribution in [3.05, 3.63) is 29.3 Å². The molecular formula is C16H22ClNO2S. The molecule has 1 fully saturated rings. The molecule has 3 nitrogen and oxygen atoms in total. The Morgan fingerprint density at radius 2 is 2.00 bits per heavy atom. The van der Waals surface area contributed by atoms with E-state index < -0.39 is 0 Å². The first-order valence-corrected chi connectivity index (χ1v) is 8.83. The van der Waals surface area contributed by atoms with E-state index in [0.29, 0.717) is 12.5 Å². The summed E-state index contributed by atoms with van der Waals surface area (Å²) < 4.78 is 5.61. The molecule has 1 aliphatic rings. The van der Waals surface area contributed by atoms with Crippen LogP contribution in [0.15, 0.2) is 29.2 Å². The van der Waals surface area contributed by atoms with Gasteiger partial charge in [0.15, 0.2) is 0 Å². The first-order valence-electron chi connectivity index (χ1n) is 7.46. The number of rotatable bonds is 6. The fraction of sp³-hybridized carbons (Fsp3) is 0.562. The van der Waals surface area contributed by atoms with Gasteiger partial charge in [-0.05, 0) is 44.0 Å². The lowest BCUT2D eigenvalue weighted by Crippen LogP contribution is -2.41. The fourth-order valence-corrected chi connectivity index (χ4v) is 3.42. The molecule has 1 amide bonds. The lowest BCUT2D eigenvalue weighted by atomic mass is 10.1. The SMILES string of the molecule is CCOC1CCN(C(=O)CCSc2ccc(Cl)cc2)CC1. The highest BCUT2D eigenvalue weighted by atomic mass is 35.5. The molecule has 0 spiro atoms. The summed E-state index contributed by atoms with van der Waals surface area (Å²) in [4.78, 5) is 15.3. The largest absolute Gasteiger partial charge is 0.378 e. The van der Waals surface area contributed by atoms with Crippen molar-refractivity contribution < 1.29 is 9.53 Å². The molecule has 0 atom stereocenters. The van der Waals surface area contributed by atoms with Crippen molar-refractivity contribution >= 4 is 29.3 Å². The minimum atomic E-state index is 0.256. The molecule has 5 heteroatoms. The molecule has 0 unspecified atom stereocenters. The van der Waals surface area contributed by atoms with Gasteiger partial charge in [0.2, 0.25) is 5.91 Å². The molecule has 1 aliphatic heterocycles. The second-order valence-electron chi connectivity index (χ2n) is 5.09. The molecule has 1 aromatic carbocycles. The van der Waals surface area contributed by atoms with Crippen LogP contribution in [0.4, 0.5) is 0 Å². The van der Waals surface area contributed by atoms with Crippen LogP contribution in [-0.2, 0) is 9.53 Å². The van der Waals surface area contributed by atoms with Gasteiger partial charge in [0.25, 0.3) is 0 Å². The number of likely N-dealkylation sites (tertiary alicyclic amines) is 1. The van der Waals surface area contributed by atoms with Gasteiger partial charge in [-0.2, -0.15) is 0 Å². The van der Waals surface area contributed by atoms with Gasteiger partial charge >= 0.3 is 0 Å². The molecule has 1 saturated heterocycles. The molecule has 1 aromatic rings. The van der Waals surface area contributed by atoms with E-state index >= 15 is 0 Å². The molecule has 0 N–H and O–H groups in total. The second kappa shape index (κ2) is 8.66. The number of thioether (sulfide) groups is 1. The van der Waals surface area contributed by atoms with Crippen molar-refractivity contribution in [1.82, 2.24) is 4.90 Å². The lowest BCUT2D eigenvalue weighted by Gasteiger charge is -2.31. The van der Waals surface area contributed by atoms with Gasteiger partial charge in [0.05, 0.1) is 6.10 Å². The van der Waals surface area contributed by atoms with Crippen LogP contribution in [0.3, 0.4) is 0 Å². The smallest absolute Gasteiger partial charge is 0.223 e. The number of carbonyl (C=O) groups excluding carboxylic acids is 1. The van der Waals surface area contributed by atoms with E-state index in [1.165, 1.54) is 0 Å². The lowest BCUT2D eigenvalue weighted by molar-refractivity contribution is -0.133. The molecule has 0 bridgehead atoms. The summed E-state index contributed by atoms with van der Waals surface area (Å²) in [5.74, 6) is 1.07. The molecule has 0 aromatic heterocycles. The number of halogens is 1. The fourth-order valence-electron chi connectivity index (χ4n) is 2.45. The van der Waals surface area contributed by atoms with Crippen molar-refractivity contribution in [2.75, 3.05) is 25.4 Å². The first-order chi connectivity index (χ1) is 10.2. The molecule has 0 aliphatic carbocycles. The summed E-state index contributed by atoms with van der Waals surface area (Å²) in [7, 11) is 0. The Kier molecular flexibility index (Phi) is 6.87. The van der Waals surface area contributed by atoms with Crippen molar-refractivity contribution in [1.29, 1.82) is 0 Å². The van der Waals surface area contributed by atoms with Crippen LogP contribution in [0.2, 0.25) is 5.02 Å². The average Bonchev–Trinajstić information content (AvgIpc) is 2.50. The molecule has 21 heavy (non-hydrogen) atoms. The number of hydrogen-bond donors (Lipinski definition) is 0. The third kappa shape index (κ3) is 5.53. The number of benzene rings is 1. The Bertz CT molecular complexity index is 444. The quantitative estimate of drug-likeness (QED) is 0.743. The van der Waals surface area contributed by atoms with Gasteiger partial charge in [-0.3, -0.25) is 4.79 Å². The van der Waals surface area contributed by atoms with Crippen LogP contribution in [0.1, 0.15) is 26.2 Å². The van der Waals surface area contributed by atoms with Crippen LogP contribution in [0, 0.1) is 0 Å². The summed E-state index contributed by atoms with van der Waals surface area (Å²) in [6.07, 6.45) is 2.85. The highest BCUT2D eigenvalue weighted by molar-refractivity contribution is 7.99. The summed E-state index contributed by atoms with van der Waals surface area (Å²) in [5.41, 5.74) is 0. The predicted molar refractivity (Wildman–Crippen MR) is 88.0 cm³/mol. The van der Waals surface area contributed by atoms with E-state index in [1.54, 1.807) is 11.8 Å². The Morgan fingerprint density at radius 3 is 2.62 bits per heavy atom. The Morgan fingerprint density at radius 1 is 1.33 bits per heavy atom. The topological polar surface area (TPSA) is 29.5 Å². The van der Waals surface area contributed by atoms with E-state index in [0.717, 1.165) is 48.2 Å². The van der Waals surface area contributed by atoms with Gasteiger partial charge in [-0.25, -0.2) is 0 Å². The van der Waals surface area contributed by atoms with E-state index in [4.69, 9.17) is 16.3 Å². The number of ether oxygens (including phenoxy) is 1. The highest BCUT2D eigenvalue weighted by Gasteiger charge is 2.22. The minimum absolute atomic E-state index is 0.256. The first kappa shape index (κ1) is 16.7. The zero-order valence-corrected chi connectivity index (χ0v) is 14.0. The second-order valence-corrected chi connectivity index (χ2v) is 6.69. The number of hydrogen-bond acceptors (Lipinski definition) is 3. The Labute approximate surface area is 136 Å². The third-order valence-electron chi connectivity index (χ3n) is 3.60. The molecule has 116 valence electrons. The third-order valence-corrected chi connectivity index (χ3v) is 4.86. The van der Waals surface area contributed by atoms with Gasteiger partial charge in [-0.15, -0.1) is 11.8 Å². The van der Waals surface area contributed by atoms with Crippen molar-refractivity contribution in [2.24, 2.45) is 0 Å². The highest BCUT2D eigenvalue weighted by Crippen LogP contribution is 2.22. The van der Waals surface area contributed by atoms with Crippen molar-refractivity contribution in [3.8, 4) is 0 Å². The van der Waals surface area contributed by atoms with Crippen LogP contribution in [-0.4, -0.2) is 42.4 Å². The van der Waals surface area contributed by atoms with Gasteiger partial charge in [0.1, 0.15) is 0 Å². The maximum Gasteiger partial charge on any atom is 0.223 e. The molecule has 0 radical (unpaired) electrons.